The SMILES string of the molecule is C.O=C(Nc1ccc2[nH]nc(-c3ccncc3)c2c1)[C@@H]1CCN(CC(=O)N2C[C@@H]3C[C@H]2CN3c2ccc(-c3ncc(F)cn3)cc2)C1.OB(O)c1ccc(F)cc1.OB(O)c1ccncc1. The Labute approximate surface area is 380 Å². The normalized spacial score (nSPS) is 17.3. The first-order valence-electron chi connectivity index (χ1n) is 20.9. The van der Waals surface area contributed by atoms with E-state index in [1.165, 1.54) is 49.1 Å². The van der Waals surface area contributed by atoms with Crippen LogP contribution >= 0.6 is 0 Å². The van der Waals surface area contributed by atoms with Gasteiger partial charge in [-0.15, -0.1) is 0 Å². The number of amides is 2. The van der Waals surface area contributed by atoms with Gasteiger partial charge in [-0.05, 0) is 109 Å². The summed E-state index contributed by atoms with van der Waals surface area (Å²) < 4.78 is 25.4. The molecule has 3 aliphatic rings. The predicted octanol–water partition coefficient (Wildman–Crippen LogP) is 2.87. The summed E-state index contributed by atoms with van der Waals surface area (Å²) >= 11 is 0. The lowest BCUT2D eigenvalue weighted by atomic mass is 9.80. The molecule has 2 bridgehead atoms. The number of likely N-dealkylation sites (tertiary alicyclic amines) is 2. The summed E-state index contributed by atoms with van der Waals surface area (Å²) in [6.07, 6.45) is 10.5. The van der Waals surface area contributed by atoms with Gasteiger partial charge in [-0.3, -0.25) is 29.6 Å². The third-order valence-corrected chi connectivity index (χ3v) is 11.6. The van der Waals surface area contributed by atoms with Crippen LogP contribution in [0.2, 0.25) is 0 Å². The maximum atomic E-state index is 13.4. The van der Waals surface area contributed by atoms with Crippen LogP contribution in [0.1, 0.15) is 20.3 Å². The van der Waals surface area contributed by atoms with Crippen LogP contribution in [0.4, 0.5) is 20.2 Å². The highest BCUT2D eigenvalue weighted by atomic mass is 19.1. The topological polar surface area (TPSA) is 217 Å². The van der Waals surface area contributed by atoms with Crippen LogP contribution in [-0.4, -0.2) is 131 Å². The second-order valence-electron chi connectivity index (χ2n) is 15.9. The van der Waals surface area contributed by atoms with Crippen molar-refractivity contribution in [1.82, 2.24) is 39.9 Å². The van der Waals surface area contributed by atoms with Gasteiger partial charge in [-0.2, -0.15) is 5.10 Å². The monoisotopic (exact) mass is 896 g/mol. The van der Waals surface area contributed by atoms with Gasteiger partial charge in [0.1, 0.15) is 11.5 Å². The summed E-state index contributed by atoms with van der Waals surface area (Å²) in [4.78, 5) is 49.0. The molecular formula is C46H48B2F2N10O6. The highest BCUT2D eigenvalue weighted by Crippen LogP contribution is 2.36. The minimum absolute atomic E-state index is 0. The van der Waals surface area contributed by atoms with E-state index in [9.17, 15) is 18.4 Å². The van der Waals surface area contributed by atoms with E-state index in [4.69, 9.17) is 20.1 Å². The molecule has 3 aliphatic heterocycles. The third kappa shape index (κ3) is 11.3. The molecule has 7 aromatic rings. The number of aromatic nitrogens is 6. The first-order valence-corrected chi connectivity index (χ1v) is 20.9. The molecule has 0 saturated carbocycles. The van der Waals surface area contributed by atoms with Crippen molar-refractivity contribution in [2.75, 3.05) is 42.9 Å². The van der Waals surface area contributed by atoms with Crippen LogP contribution in [0.15, 0.2) is 128 Å². The Morgan fingerprint density at radius 3 is 2.02 bits per heavy atom. The minimum atomic E-state index is -1.51. The Kier molecular flexibility index (Phi) is 15.2. The molecule has 16 nitrogen and oxygen atoms in total. The number of nitrogens with zero attached hydrogens (tertiary/aromatic N) is 8. The number of rotatable bonds is 9. The number of hydrogen-bond acceptors (Lipinski definition) is 13. The quantitative estimate of drug-likeness (QED) is 0.115. The molecular weight excluding hydrogens is 848 g/mol. The molecule has 0 radical (unpaired) electrons. The van der Waals surface area contributed by atoms with Gasteiger partial charge in [-0.1, -0.05) is 19.6 Å². The van der Waals surface area contributed by atoms with Crippen LogP contribution in [0, 0.1) is 17.6 Å². The second-order valence-corrected chi connectivity index (χ2v) is 15.9. The van der Waals surface area contributed by atoms with Crippen molar-refractivity contribution in [2.45, 2.75) is 32.4 Å². The van der Waals surface area contributed by atoms with Crippen LogP contribution in [0.5, 0.6) is 0 Å². The number of benzene rings is 3. The number of H-pyrrole nitrogens is 1. The second kappa shape index (κ2) is 21.4. The van der Waals surface area contributed by atoms with Gasteiger partial charge >= 0.3 is 14.2 Å². The lowest BCUT2D eigenvalue weighted by Crippen LogP contribution is -2.51. The van der Waals surface area contributed by atoms with E-state index < -0.39 is 20.1 Å². The van der Waals surface area contributed by atoms with Gasteiger partial charge in [0.2, 0.25) is 11.8 Å². The highest BCUT2D eigenvalue weighted by Gasteiger charge is 2.45. The lowest BCUT2D eigenvalue weighted by Gasteiger charge is -2.36. The van der Waals surface area contributed by atoms with Crippen molar-refractivity contribution in [3.8, 4) is 22.6 Å². The Morgan fingerprint density at radius 1 is 0.742 bits per heavy atom. The molecule has 2 amide bonds. The maximum Gasteiger partial charge on any atom is 0.488 e. The molecule has 7 heterocycles. The van der Waals surface area contributed by atoms with Gasteiger partial charge in [-0.25, -0.2) is 18.7 Å². The first kappa shape index (κ1) is 47.0. The standard InChI is InChI=1S/C34H32FN9O2.C6H6BFO2.C5H6BNO2.CH4/c35-24-15-37-33(38-16-24)22-1-4-26(5-2-22)43-18-28-14-27(43)19-44(28)31(45)20-42-12-9-23(17-42)34(46)39-25-3-6-30-29(13-25)32(41-40-30)21-7-10-36-11-8-21;8-6-3-1-5(2-4-6)7(9)10;8-6(9)5-1-3-7-4-2-5;/h1-8,10-11,13,15-16,23,27-28H,9,12,14,17-20H2,(H,39,46)(H,40,41);1-4,9-10H;1-4,8-9H;1H4/t23-,27+,28+;;;/m1.../s1. The van der Waals surface area contributed by atoms with Crippen molar-refractivity contribution in [1.29, 1.82) is 0 Å². The number of fused-ring (bicyclic) bond motifs is 3. The average Bonchev–Trinajstić information content (AvgIpc) is 4.16. The van der Waals surface area contributed by atoms with Gasteiger partial charge in [0, 0.05) is 78.4 Å². The summed E-state index contributed by atoms with van der Waals surface area (Å²) in [7, 11) is -2.89. The van der Waals surface area contributed by atoms with Crippen molar-refractivity contribution >= 4 is 59.3 Å². The van der Waals surface area contributed by atoms with E-state index in [1.807, 2.05) is 59.5 Å². The van der Waals surface area contributed by atoms with Crippen molar-refractivity contribution in [2.24, 2.45) is 5.92 Å². The molecule has 3 atom stereocenters. The van der Waals surface area contributed by atoms with E-state index >= 15 is 0 Å². The number of aromatic amines is 1. The van der Waals surface area contributed by atoms with E-state index in [1.54, 1.807) is 24.5 Å². The van der Waals surface area contributed by atoms with E-state index in [0.29, 0.717) is 42.8 Å². The van der Waals surface area contributed by atoms with Crippen molar-refractivity contribution in [3.05, 3.63) is 140 Å². The van der Waals surface area contributed by atoms with Crippen LogP contribution in [0.3, 0.4) is 0 Å². The smallest absolute Gasteiger partial charge is 0.423 e. The zero-order chi connectivity index (χ0) is 45.5. The van der Waals surface area contributed by atoms with Crippen molar-refractivity contribution in [3.63, 3.8) is 0 Å². The molecule has 66 heavy (non-hydrogen) atoms. The highest BCUT2D eigenvalue weighted by molar-refractivity contribution is 6.58. The molecule has 0 aliphatic carbocycles. The van der Waals surface area contributed by atoms with E-state index in [-0.39, 0.29) is 43.1 Å². The number of hydrogen-bond donors (Lipinski definition) is 6. The number of carbonyl (C=O) groups excluding carboxylic acids is 2. The molecule has 338 valence electrons. The Hall–Kier alpha value is -6.96. The van der Waals surface area contributed by atoms with Gasteiger partial charge < -0.3 is 35.2 Å². The molecule has 20 heteroatoms. The zero-order valence-electron chi connectivity index (χ0n) is 34.9. The Bertz CT molecular complexity index is 2690. The van der Waals surface area contributed by atoms with Crippen LogP contribution < -0.4 is 21.1 Å². The average molecular weight is 897 g/mol. The zero-order valence-corrected chi connectivity index (χ0v) is 34.9. The number of piperazine rings is 1. The number of nitrogens with one attached hydrogen (secondary N) is 2. The summed E-state index contributed by atoms with van der Waals surface area (Å²) in [5.41, 5.74) is 6.06. The number of halogens is 2. The predicted molar refractivity (Wildman–Crippen MR) is 248 cm³/mol. The molecule has 4 aromatic heterocycles. The molecule has 0 unspecified atom stereocenters. The summed E-state index contributed by atoms with van der Waals surface area (Å²) in [5, 5.41) is 45.7. The first-order chi connectivity index (χ1) is 31.5. The van der Waals surface area contributed by atoms with Gasteiger partial charge in [0.25, 0.3) is 0 Å². The van der Waals surface area contributed by atoms with Gasteiger partial charge in [0.05, 0.1) is 36.4 Å². The Balaban J connectivity index is 0.000000269. The summed E-state index contributed by atoms with van der Waals surface area (Å²) in [6.45, 7) is 3.09. The van der Waals surface area contributed by atoms with Crippen molar-refractivity contribution < 1.29 is 38.5 Å². The number of pyridine rings is 2. The fourth-order valence-electron chi connectivity index (χ4n) is 8.26. The van der Waals surface area contributed by atoms with Gasteiger partial charge in [0.15, 0.2) is 11.6 Å². The molecule has 0 spiro atoms. The number of anilines is 2. The Morgan fingerprint density at radius 2 is 1.39 bits per heavy atom. The minimum Gasteiger partial charge on any atom is -0.423 e. The molecule has 6 N–H and O–H groups in total. The fourth-order valence-corrected chi connectivity index (χ4v) is 8.26. The molecule has 3 aromatic carbocycles. The largest absolute Gasteiger partial charge is 0.488 e. The third-order valence-electron chi connectivity index (χ3n) is 11.6. The van der Waals surface area contributed by atoms with E-state index in [2.05, 4.69) is 45.2 Å². The fraction of sp³-hybridized carbons (Fsp3) is 0.239. The molecule has 10 rings (SSSR count). The van der Waals surface area contributed by atoms with E-state index in [0.717, 1.165) is 58.6 Å². The summed E-state index contributed by atoms with van der Waals surface area (Å²) in [6, 6.07) is 26.1. The maximum absolute atomic E-state index is 13.4. The molecule has 3 fully saturated rings. The van der Waals surface area contributed by atoms with Crippen LogP contribution in [-0.2, 0) is 9.59 Å². The van der Waals surface area contributed by atoms with Crippen LogP contribution in [0.25, 0.3) is 33.5 Å². The summed E-state index contributed by atoms with van der Waals surface area (Å²) in [5.74, 6) is -0.438. The lowest BCUT2D eigenvalue weighted by molar-refractivity contribution is -0.133. The number of carbonyl (C=O) groups is 2. The molecule has 3 saturated heterocycles.